The van der Waals surface area contributed by atoms with Gasteiger partial charge in [-0.05, 0) is 18.1 Å². The van der Waals surface area contributed by atoms with E-state index < -0.39 is 17.9 Å². The second kappa shape index (κ2) is 9.04. The first-order valence-electron chi connectivity index (χ1n) is 8.45. The van der Waals surface area contributed by atoms with Gasteiger partial charge in [-0.3, -0.25) is 14.4 Å². The van der Waals surface area contributed by atoms with Gasteiger partial charge in [0.2, 0.25) is 17.7 Å². The summed E-state index contributed by atoms with van der Waals surface area (Å²) in [5.41, 5.74) is 5.70. The molecule has 2 rings (SSSR count). The number of piperazine rings is 1. The third kappa shape index (κ3) is 5.62. The molecule has 0 aliphatic carbocycles. The molecule has 0 unspecified atom stereocenters. The van der Waals surface area contributed by atoms with E-state index >= 15 is 0 Å². The molecule has 1 aliphatic heterocycles. The van der Waals surface area contributed by atoms with E-state index in [2.05, 4.69) is 10.6 Å². The van der Waals surface area contributed by atoms with Crippen molar-refractivity contribution in [3.05, 3.63) is 23.8 Å². The van der Waals surface area contributed by atoms with Crippen LogP contribution in [0.5, 0.6) is 11.5 Å². The molecule has 1 aliphatic rings. The summed E-state index contributed by atoms with van der Waals surface area (Å²) in [4.78, 5) is 37.6. The number of hydrogen-bond donors (Lipinski definition) is 5. The van der Waals surface area contributed by atoms with Crippen molar-refractivity contribution in [3.63, 3.8) is 0 Å². The van der Waals surface area contributed by atoms with Crippen LogP contribution in [0, 0.1) is 0 Å². The molecule has 26 heavy (non-hydrogen) atoms. The van der Waals surface area contributed by atoms with Gasteiger partial charge in [-0.1, -0.05) is 6.07 Å². The smallest absolute Gasteiger partial charge is 0.245 e. The molecule has 1 saturated heterocycles. The Bertz CT molecular complexity index is 673. The molecule has 1 fully saturated rings. The average Bonchev–Trinajstić information content (AvgIpc) is 2.60. The zero-order valence-electron chi connectivity index (χ0n) is 14.4. The molecule has 1 aromatic rings. The lowest BCUT2D eigenvalue weighted by Crippen LogP contribution is -2.55. The van der Waals surface area contributed by atoms with Gasteiger partial charge in [-0.25, -0.2) is 0 Å². The molecule has 3 amide bonds. The van der Waals surface area contributed by atoms with Crippen LogP contribution >= 0.6 is 0 Å². The fourth-order valence-corrected chi connectivity index (χ4v) is 2.79. The molecule has 0 radical (unpaired) electrons. The van der Waals surface area contributed by atoms with Gasteiger partial charge in [0, 0.05) is 38.7 Å². The lowest BCUT2D eigenvalue weighted by atomic mass is 10.1. The van der Waals surface area contributed by atoms with E-state index in [4.69, 9.17) is 5.73 Å². The van der Waals surface area contributed by atoms with E-state index in [-0.39, 0.29) is 36.7 Å². The van der Waals surface area contributed by atoms with E-state index in [1.165, 1.54) is 18.2 Å². The quantitative estimate of drug-likeness (QED) is 0.412. The molecule has 142 valence electrons. The maximum absolute atomic E-state index is 12.5. The normalized spacial score (nSPS) is 15.3. The number of aryl methyl sites for hydroxylation is 1. The Morgan fingerprint density at radius 3 is 2.54 bits per heavy atom. The monoisotopic (exact) mass is 364 g/mol. The number of phenols is 2. The minimum absolute atomic E-state index is 0.0163. The molecule has 0 saturated carbocycles. The predicted octanol–water partition coefficient (Wildman–Crippen LogP) is -1.18. The number of aromatic hydroxyl groups is 2. The summed E-state index contributed by atoms with van der Waals surface area (Å²) in [7, 11) is 0. The topological polar surface area (TPSA) is 145 Å². The Morgan fingerprint density at radius 1 is 1.23 bits per heavy atom. The Balaban J connectivity index is 1.94. The fraction of sp³-hybridized carbons (Fsp3) is 0.471. The zero-order valence-corrected chi connectivity index (χ0v) is 14.4. The largest absolute Gasteiger partial charge is 0.508 e. The van der Waals surface area contributed by atoms with Crippen molar-refractivity contribution in [2.75, 3.05) is 26.2 Å². The van der Waals surface area contributed by atoms with E-state index in [0.29, 0.717) is 31.7 Å². The van der Waals surface area contributed by atoms with Gasteiger partial charge in [-0.15, -0.1) is 0 Å². The van der Waals surface area contributed by atoms with Crippen LogP contribution in [0.25, 0.3) is 0 Å². The summed E-state index contributed by atoms with van der Waals surface area (Å²) in [5.74, 6) is -1.60. The van der Waals surface area contributed by atoms with Crippen molar-refractivity contribution < 1.29 is 24.6 Å². The van der Waals surface area contributed by atoms with Gasteiger partial charge < -0.3 is 31.5 Å². The fourth-order valence-electron chi connectivity index (χ4n) is 2.79. The van der Waals surface area contributed by atoms with E-state index in [1.54, 1.807) is 4.90 Å². The van der Waals surface area contributed by atoms with Crippen LogP contribution in [0.15, 0.2) is 18.2 Å². The van der Waals surface area contributed by atoms with Crippen LogP contribution in [-0.2, 0) is 20.8 Å². The van der Waals surface area contributed by atoms with Crippen molar-refractivity contribution >= 4 is 17.7 Å². The van der Waals surface area contributed by atoms with Gasteiger partial charge >= 0.3 is 0 Å². The molecule has 0 bridgehead atoms. The van der Waals surface area contributed by atoms with Gasteiger partial charge in [-0.2, -0.15) is 0 Å². The highest BCUT2D eigenvalue weighted by Crippen LogP contribution is 2.23. The second-order valence-corrected chi connectivity index (χ2v) is 6.18. The van der Waals surface area contributed by atoms with Gasteiger partial charge in [0.05, 0.1) is 6.42 Å². The maximum Gasteiger partial charge on any atom is 0.245 e. The van der Waals surface area contributed by atoms with Crippen LogP contribution in [0.3, 0.4) is 0 Å². The summed E-state index contributed by atoms with van der Waals surface area (Å²) < 4.78 is 0. The molecule has 9 heteroatoms. The van der Waals surface area contributed by atoms with Crippen LogP contribution in [0.2, 0.25) is 0 Å². The molecule has 6 N–H and O–H groups in total. The van der Waals surface area contributed by atoms with Gasteiger partial charge in [0.15, 0.2) is 0 Å². The summed E-state index contributed by atoms with van der Waals surface area (Å²) in [6, 6.07) is 3.13. The molecular weight excluding hydrogens is 340 g/mol. The molecule has 0 spiro atoms. The summed E-state index contributed by atoms with van der Waals surface area (Å²) in [6.45, 7) is 2.32. The lowest BCUT2D eigenvalue weighted by molar-refractivity contribution is -0.138. The third-order valence-electron chi connectivity index (χ3n) is 4.16. The number of carbonyl (C=O) groups is 3. The minimum atomic E-state index is -0.994. The summed E-state index contributed by atoms with van der Waals surface area (Å²) in [6.07, 6.45) is -0.0234. The number of rotatable bonds is 7. The van der Waals surface area contributed by atoms with Crippen molar-refractivity contribution in [1.82, 2.24) is 15.5 Å². The average molecular weight is 364 g/mol. The minimum Gasteiger partial charge on any atom is -0.508 e. The molecular formula is C17H24N4O5. The Kier molecular flexibility index (Phi) is 6.79. The van der Waals surface area contributed by atoms with Crippen LogP contribution < -0.4 is 16.4 Å². The number of nitrogens with zero attached hydrogens (tertiary/aromatic N) is 1. The first kappa shape index (κ1) is 19.5. The van der Waals surface area contributed by atoms with Crippen LogP contribution in [-0.4, -0.2) is 65.1 Å². The van der Waals surface area contributed by atoms with Crippen LogP contribution in [0.1, 0.15) is 18.4 Å². The highest BCUT2D eigenvalue weighted by Gasteiger charge is 2.28. The highest BCUT2D eigenvalue weighted by atomic mass is 16.3. The first-order valence-corrected chi connectivity index (χ1v) is 8.45. The second-order valence-electron chi connectivity index (χ2n) is 6.18. The van der Waals surface area contributed by atoms with Crippen molar-refractivity contribution in [1.29, 1.82) is 0 Å². The van der Waals surface area contributed by atoms with Gasteiger partial charge in [0.1, 0.15) is 17.5 Å². The number of benzene rings is 1. The van der Waals surface area contributed by atoms with E-state index in [0.717, 1.165) is 0 Å². The Morgan fingerprint density at radius 2 is 1.92 bits per heavy atom. The molecule has 1 aromatic carbocycles. The number of carbonyl (C=O) groups excluding carboxylic acids is 3. The third-order valence-corrected chi connectivity index (χ3v) is 4.16. The Labute approximate surface area is 151 Å². The number of nitrogens with one attached hydrogen (secondary N) is 2. The maximum atomic E-state index is 12.5. The van der Waals surface area contributed by atoms with Crippen LogP contribution in [0.4, 0.5) is 0 Å². The summed E-state index contributed by atoms with van der Waals surface area (Å²) >= 11 is 0. The predicted molar refractivity (Wildman–Crippen MR) is 93.3 cm³/mol. The molecule has 0 aromatic heterocycles. The molecule has 9 nitrogen and oxygen atoms in total. The number of phenolic OH excluding ortho intramolecular Hbond substituents is 2. The number of primary amides is 1. The first-order chi connectivity index (χ1) is 12.4. The Hall–Kier alpha value is -2.81. The van der Waals surface area contributed by atoms with Crippen molar-refractivity contribution in [3.8, 4) is 11.5 Å². The highest BCUT2D eigenvalue weighted by molar-refractivity contribution is 5.91. The number of hydrogen-bond acceptors (Lipinski definition) is 6. The SMILES string of the molecule is NC(=O)C[C@H](NC(=O)CCc1ccc(O)cc1O)C(=O)N1CCNCC1. The van der Waals surface area contributed by atoms with Crippen molar-refractivity contribution in [2.45, 2.75) is 25.3 Å². The summed E-state index contributed by atoms with van der Waals surface area (Å²) in [5, 5.41) is 24.7. The zero-order chi connectivity index (χ0) is 19.1. The number of nitrogens with two attached hydrogens (primary N) is 1. The standard InChI is InChI=1S/C17H24N4O5/c18-15(24)10-13(17(26)21-7-5-19-6-8-21)20-16(25)4-2-11-1-3-12(22)9-14(11)23/h1,3,9,13,19,22-23H,2,4-8,10H2,(H2,18,24)(H,20,25)/t13-/m0/s1. The van der Waals surface area contributed by atoms with Crippen molar-refractivity contribution in [2.24, 2.45) is 5.73 Å². The van der Waals surface area contributed by atoms with E-state index in [9.17, 15) is 24.6 Å². The van der Waals surface area contributed by atoms with Gasteiger partial charge in [0.25, 0.3) is 0 Å². The molecule has 1 heterocycles. The lowest BCUT2D eigenvalue weighted by Gasteiger charge is -2.30. The van der Waals surface area contributed by atoms with E-state index in [1.807, 2.05) is 0 Å². The molecule has 1 atom stereocenters. The number of amides is 3.